The maximum atomic E-state index is 12.7. The van der Waals surface area contributed by atoms with Crippen LogP contribution < -0.4 is 16.0 Å². The third-order valence-corrected chi connectivity index (χ3v) is 5.86. The number of aliphatic hydroxyl groups is 2. The van der Waals surface area contributed by atoms with Crippen molar-refractivity contribution >= 4 is 38.7 Å². The number of aliphatic hydroxyl groups excluding tert-OH is 2. The average Bonchev–Trinajstić information content (AvgIpc) is 2.79. The highest BCUT2D eigenvalue weighted by Gasteiger charge is 2.46. The summed E-state index contributed by atoms with van der Waals surface area (Å²) in [6.45, 7) is 2.51. The van der Waals surface area contributed by atoms with Gasteiger partial charge in [-0.3, -0.25) is 4.79 Å². The molecule has 5 rings (SSSR count). The number of phenolic OH excluding ortho intramolecular Hbond substituents is 3. The predicted octanol–water partition coefficient (Wildman–Crippen LogP) is 0.384. The molecule has 184 valence electrons. The molecule has 5 N–H and O–H groups in total. The fourth-order valence-corrected chi connectivity index (χ4v) is 4.21. The van der Waals surface area contributed by atoms with Crippen LogP contribution in [-0.2, 0) is 14.3 Å². The normalized spacial score (nSPS) is 24.9. The minimum atomic E-state index is -1.71. The van der Waals surface area contributed by atoms with Gasteiger partial charge in [0.05, 0.1) is 16.9 Å². The van der Waals surface area contributed by atoms with Gasteiger partial charge < -0.3 is 48.6 Å². The first-order valence-corrected chi connectivity index (χ1v) is 10.3. The molecule has 0 aliphatic carbocycles. The highest BCUT2D eigenvalue weighted by atomic mass is 16.7. The second kappa shape index (κ2) is 7.73. The summed E-state index contributed by atoms with van der Waals surface area (Å²) in [7, 11) is 0. The first-order chi connectivity index (χ1) is 16.5. The second-order valence-electron chi connectivity index (χ2n) is 8.13. The van der Waals surface area contributed by atoms with Gasteiger partial charge >= 0.3 is 17.2 Å². The third-order valence-electron chi connectivity index (χ3n) is 5.86. The molecule has 5 unspecified atom stereocenters. The van der Waals surface area contributed by atoms with Gasteiger partial charge in [-0.05, 0) is 19.1 Å². The summed E-state index contributed by atoms with van der Waals surface area (Å²) in [6, 6.07) is 1.97. The molecule has 0 bridgehead atoms. The first kappa shape index (κ1) is 22.7. The van der Waals surface area contributed by atoms with E-state index in [1.54, 1.807) is 0 Å². The molecule has 1 fully saturated rings. The number of hydrogen-bond donors (Lipinski definition) is 5. The van der Waals surface area contributed by atoms with Crippen LogP contribution in [0.1, 0.15) is 13.8 Å². The number of rotatable bonds is 3. The van der Waals surface area contributed by atoms with Crippen LogP contribution in [0.5, 0.6) is 23.0 Å². The van der Waals surface area contributed by atoms with E-state index in [2.05, 4.69) is 0 Å². The van der Waals surface area contributed by atoms with Crippen molar-refractivity contribution in [1.29, 1.82) is 0 Å². The molecule has 0 spiro atoms. The topological polar surface area (TPSA) is 206 Å². The molecule has 5 atom stereocenters. The van der Waals surface area contributed by atoms with Crippen LogP contribution in [0, 0.1) is 0 Å². The lowest BCUT2D eigenvalue weighted by atomic mass is 9.99. The SMILES string of the molecule is CC(=O)OC1C(O)C(C)OC(Oc2cc3c(=O)oc4c(O)c(O)cc5c(=O)oc(c2O)c3c45)C1O. The molecule has 13 heteroatoms. The molecular formula is C22H18O13. The number of hydrogen-bond acceptors (Lipinski definition) is 13. The molecule has 4 aromatic rings. The number of carbonyl (C=O) groups is 1. The zero-order chi connectivity index (χ0) is 25.3. The Kier molecular flexibility index (Phi) is 5.01. The van der Waals surface area contributed by atoms with E-state index in [-0.39, 0.29) is 21.5 Å². The Morgan fingerprint density at radius 2 is 1.49 bits per heavy atom. The van der Waals surface area contributed by atoms with Gasteiger partial charge in [0.15, 0.2) is 34.9 Å². The standard InChI is InChI=1S/C22H18O13/c1-5-13(25)19(32-6(2)23)16(28)22(31-5)33-10-4-8-12-11-7(20(29)35-18(12)15(10)27)3-9(24)14(26)17(11)34-21(8)30/h3-5,13,16,19,22,24-28H,1-2H3. The van der Waals surface area contributed by atoms with E-state index in [1.165, 1.54) is 6.92 Å². The molecule has 0 amide bonds. The first-order valence-electron chi connectivity index (χ1n) is 10.3. The molecule has 1 saturated heterocycles. The lowest BCUT2D eigenvalue weighted by Gasteiger charge is -2.40. The third kappa shape index (κ3) is 3.31. The van der Waals surface area contributed by atoms with Gasteiger partial charge in [0.25, 0.3) is 0 Å². The van der Waals surface area contributed by atoms with Crippen molar-refractivity contribution < 1.29 is 53.4 Å². The summed E-state index contributed by atoms with van der Waals surface area (Å²) in [4.78, 5) is 36.7. The second-order valence-corrected chi connectivity index (χ2v) is 8.13. The zero-order valence-corrected chi connectivity index (χ0v) is 18.0. The summed E-state index contributed by atoms with van der Waals surface area (Å²) >= 11 is 0. The van der Waals surface area contributed by atoms with Crippen LogP contribution in [0.25, 0.3) is 32.7 Å². The number of benzene rings is 2. The van der Waals surface area contributed by atoms with Crippen molar-refractivity contribution in [3.8, 4) is 23.0 Å². The summed E-state index contributed by atoms with van der Waals surface area (Å²) in [5.41, 5.74) is -3.04. The van der Waals surface area contributed by atoms with Gasteiger partial charge in [-0.1, -0.05) is 0 Å². The summed E-state index contributed by atoms with van der Waals surface area (Å²) in [5.74, 6) is -3.50. The zero-order valence-electron chi connectivity index (χ0n) is 18.0. The van der Waals surface area contributed by atoms with Gasteiger partial charge in [0.1, 0.15) is 6.10 Å². The van der Waals surface area contributed by atoms with Gasteiger partial charge in [0.2, 0.25) is 17.8 Å². The molecule has 2 aromatic carbocycles. The van der Waals surface area contributed by atoms with Crippen molar-refractivity contribution in [3.63, 3.8) is 0 Å². The average molecular weight is 490 g/mol. The van der Waals surface area contributed by atoms with E-state index in [0.29, 0.717) is 0 Å². The fourth-order valence-electron chi connectivity index (χ4n) is 4.21. The maximum Gasteiger partial charge on any atom is 0.344 e. The molecule has 13 nitrogen and oxygen atoms in total. The van der Waals surface area contributed by atoms with Crippen LogP contribution in [-0.4, -0.2) is 62.2 Å². The Morgan fingerprint density at radius 1 is 0.914 bits per heavy atom. The van der Waals surface area contributed by atoms with Crippen molar-refractivity contribution in [2.45, 2.75) is 44.6 Å². The molecule has 1 aliphatic heterocycles. The Balaban J connectivity index is 1.69. The Hall–Kier alpha value is -4.07. The number of aromatic hydroxyl groups is 3. The van der Waals surface area contributed by atoms with Crippen LogP contribution in [0.15, 0.2) is 30.6 Å². The van der Waals surface area contributed by atoms with Crippen molar-refractivity contribution in [2.75, 3.05) is 0 Å². The van der Waals surface area contributed by atoms with E-state index < -0.39 is 82.1 Å². The smallest absolute Gasteiger partial charge is 0.344 e. The van der Waals surface area contributed by atoms with Crippen molar-refractivity contribution in [3.05, 3.63) is 33.0 Å². The van der Waals surface area contributed by atoms with Crippen molar-refractivity contribution in [2.24, 2.45) is 0 Å². The molecule has 3 heterocycles. The predicted molar refractivity (Wildman–Crippen MR) is 115 cm³/mol. The molecule has 1 aliphatic rings. The van der Waals surface area contributed by atoms with E-state index >= 15 is 0 Å². The van der Waals surface area contributed by atoms with Crippen molar-refractivity contribution in [1.82, 2.24) is 0 Å². The molecule has 2 aromatic heterocycles. The highest BCUT2D eigenvalue weighted by molar-refractivity contribution is 6.22. The van der Waals surface area contributed by atoms with Gasteiger partial charge in [0, 0.05) is 17.7 Å². The lowest BCUT2D eigenvalue weighted by molar-refractivity contribution is -0.272. The Morgan fingerprint density at radius 3 is 2.09 bits per heavy atom. The quantitative estimate of drug-likeness (QED) is 0.114. The van der Waals surface area contributed by atoms with Gasteiger partial charge in [-0.15, -0.1) is 0 Å². The minimum absolute atomic E-state index is 0.0800. The highest BCUT2D eigenvalue weighted by Crippen LogP contribution is 2.45. The Bertz CT molecular complexity index is 1600. The van der Waals surface area contributed by atoms with Crippen LogP contribution in [0.4, 0.5) is 0 Å². The van der Waals surface area contributed by atoms with E-state index in [9.17, 15) is 39.9 Å². The van der Waals surface area contributed by atoms with Gasteiger partial charge in [-0.2, -0.15) is 0 Å². The van der Waals surface area contributed by atoms with E-state index in [0.717, 1.165) is 19.1 Å². The monoisotopic (exact) mass is 490 g/mol. The van der Waals surface area contributed by atoms with Crippen LogP contribution >= 0.6 is 0 Å². The molecule has 35 heavy (non-hydrogen) atoms. The number of phenols is 3. The molecular weight excluding hydrogens is 472 g/mol. The largest absolute Gasteiger partial charge is 0.504 e. The maximum absolute atomic E-state index is 12.7. The minimum Gasteiger partial charge on any atom is -0.504 e. The summed E-state index contributed by atoms with van der Waals surface area (Å²) in [6.07, 6.45) is -7.08. The van der Waals surface area contributed by atoms with Crippen LogP contribution in [0.3, 0.4) is 0 Å². The number of carbonyl (C=O) groups excluding carboxylic acids is 1. The Labute approximate surface area is 193 Å². The van der Waals surface area contributed by atoms with E-state index in [1.807, 2.05) is 0 Å². The molecule has 0 saturated carbocycles. The summed E-state index contributed by atoms with van der Waals surface area (Å²) < 4.78 is 26.3. The number of esters is 1. The number of ether oxygens (including phenoxy) is 3. The van der Waals surface area contributed by atoms with Gasteiger partial charge in [-0.25, -0.2) is 9.59 Å². The van der Waals surface area contributed by atoms with E-state index in [4.69, 9.17) is 23.0 Å². The lowest BCUT2D eigenvalue weighted by Crippen LogP contribution is -2.59. The fraction of sp³-hybridized carbons (Fsp3) is 0.318. The van der Waals surface area contributed by atoms with Crippen LogP contribution in [0.2, 0.25) is 0 Å². The summed E-state index contributed by atoms with van der Waals surface area (Å²) in [5, 5.41) is 51.0. The molecule has 0 radical (unpaired) electrons.